The first-order valence-corrected chi connectivity index (χ1v) is 5.09. The van der Waals surface area contributed by atoms with E-state index in [-0.39, 0.29) is 6.02 Å². The van der Waals surface area contributed by atoms with Gasteiger partial charge in [-0.1, -0.05) is 36.4 Å². The lowest BCUT2D eigenvalue weighted by Gasteiger charge is -2.06. The van der Waals surface area contributed by atoms with E-state index in [9.17, 15) is 0 Å². The average Bonchev–Trinajstić information content (AvgIpc) is 2.32. The Kier molecular flexibility index (Phi) is 2.77. The Morgan fingerprint density at radius 2 is 1.94 bits per heavy atom. The second kappa shape index (κ2) is 4.23. The van der Waals surface area contributed by atoms with E-state index in [2.05, 4.69) is 17.1 Å². The highest BCUT2D eigenvalue weighted by Crippen LogP contribution is 2.29. The Labute approximate surface area is 94.6 Å². The maximum Gasteiger partial charge on any atom is 0.286 e. The van der Waals surface area contributed by atoms with Gasteiger partial charge in [0.25, 0.3) is 6.02 Å². The smallest absolute Gasteiger partial charge is 0.286 e. The molecule has 16 heavy (non-hydrogen) atoms. The minimum Gasteiger partial charge on any atom is -0.469 e. The summed E-state index contributed by atoms with van der Waals surface area (Å²) in [4.78, 5) is 4.28. The molecule has 0 aliphatic heterocycles. The van der Waals surface area contributed by atoms with Gasteiger partial charge in [-0.25, -0.2) is 0 Å². The van der Waals surface area contributed by atoms with Crippen molar-refractivity contribution in [2.45, 2.75) is 6.92 Å². The van der Waals surface area contributed by atoms with Crippen molar-refractivity contribution >= 4 is 22.5 Å². The van der Waals surface area contributed by atoms with E-state index < -0.39 is 0 Å². The molecule has 0 aliphatic rings. The van der Waals surface area contributed by atoms with E-state index in [1.165, 1.54) is 7.11 Å². The van der Waals surface area contributed by atoms with Gasteiger partial charge in [-0.05, 0) is 17.9 Å². The molecule has 0 aromatic heterocycles. The predicted octanol–water partition coefficient (Wildman–Crippen LogP) is 2.74. The molecule has 2 rings (SSSR count). The molecule has 0 saturated heterocycles. The normalized spacial score (nSPS) is 11.8. The minimum atomic E-state index is 0.180. The molecular formula is C13H14N2O. The SMILES string of the molecule is COC(N)=Nc1c(C)ccc2ccccc12. The standard InChI is InChI=1S/C13H14N2O/c1-9-7-8-10-5-3-4-6-11(10)12(9)15-13(14)16-2/h3-8H,1-2H3,(H2,14,15). The van der Waals surface area contributed by atoms with Crippen LogP contribution in [0, 0.1) is 6.92 Å². The quantitative estimate of drug-likeness (QED) is 0.586. The van der Waals surface area contributed by atoms with Gasteiger partial charge in [0.15, 0.2) is 0 Å². The number of aliphatic imine (C=N–C) groups is 1. The molecule has 3 nitrogen and oxygen atoms in total. The first kappa shape index (κ1) is 10.5. The highest BCUT2D eigenvalue weighted by atomic mass is 16.5. The number of fused-ring (bicyclic) bond motifs is 1. The number of aryl methyl sites for hydroxylation is 1. The fourth-order valence-corrected chi connectivity index (χ4v) is 1.67. The van der Waals surface area contributed by atoms with E-state index >= 15 is 0 Å². The molecule has 0 saturated carbocycles. The number of nitrogens with two attached hydrogens (primary N) is 1. The summed E-state index contributed by atoms with van der Waals surface area (Å²) in [7, 11) is 1.51. The van der Waals surface area contributed by atoms with Crippen LogP contribution in [-0.4, -0.2) is 13.1 Å². The van der Waals surface area contributed by atoms with Gasteiger partial charge >= 0.3 is 0 Å². The number of benzene rings is 2. The molecule has 0 spiro atoms. The molecule has 0 fully saturated rings. The van der Waals surface area contributed by atoms with Crippen LogP contribution in [0.15, 0.2) is 41.4 Å². The van der Waals surface area contributed by atoms with E-state index in [1.807, 2.05) is 31.2 Å². The fourth-order valence-electron chi connectivity index (χ4n) is 1.67. The van der Waals surface area contributed by atoms with Gasteiger partial charge in [0, 0.05) is 5.39 Å². The van der Waals surface area contributed by atoms with Crippen LogP contribution in [0.1, 0.15) is 5.56 Å². The lowest BCUT2D eigenvalue weighted by Crippen LogP contribution is -2.12. The topological polar surface area (TPSA) is 47.6 Å². The van der Waals surface area contributed by atoms with Crippen molar-refractivity contribution in [1.82, 2.24) is 0 Å². The van der Waals surface area contributed by atoms with E-state index in [1.54, 1.807) is 0 Å². The number of amidine groups is 1. The zero-order valence-electron chi connectivity index (χ0n) is 9.40. The molecule has 0 bridgehead atoms. The predicted molar refractivity (Wildman–Crippen MR) is 67.0 cm³/mol. The van der Waals surface area contributed by atoms with Crippen LogP contribution in [0.4, 0.5) is 5.69 Å². The second-order valence-corrected chi connectivity index (χ2v) is 3.61. The van der Waals surface area contributed by atoms with Crippen LogP contribution in [-0.2, 0) is 4.74 Å². The molecule has 0 aliphatic carbocycles. The number of hydrogen-bond acceptors (Lipinski definition) is 2. The lowest BCUT2D eigenvalue weighted by atomic mass is 10.1. The third kappa shape index (κ3) is 1.84. The van der Waals surface area contributed by atoms with Crippen molar-refractivity contribution in [3.05, 3.63) is 42.0 Å². The summed E-state index contributed by atoms with van der Waals surface area (Å²) >= 11 is 0. The number of nitrogens with zero attached hydrogens (tertiary/aromatic N) is 1. The van der Waals surface area contributed by atoms with Gasteiger partial charge in [0.2, 0.25) is 0 Å². The van der Waals surface area contributed by atoms with Gasteiger partial charge in [0.05, 0.1) is 12.8 Å². The van der Waals surface area contributed by atoms with Crippen LogP contribution < -0.4 is 5.73 Å². The molecule has 0 radical (unpaired) electrons. The summed E-state index contributed by atoms with van der Waals surface area (Å²) in [6.45, 7) is 2.01. The van der Waals surface area contributed by atoms with Crippen LogP contribution >= 0.6 is 0 Å². The van der Waals surface area contributed by atoms with Crippen molar-refractivity contribution in [1.29, 1.82) is 0 Å². The molecule has 0 amide bonds. The Balaban J connectivity index is 2.71. The third-order valence-electron chi connectivity index (χ3n) is 2.53. The van der Waals surface area contributed by atoms with Gasteiger partial charge in [-0.2, -0.15) is 4.99 Å². The molecule has 3 heteroatoms. The van der Waals surface area contributed by atoms with E-state index in [0.29, 0.717) is 0 Å². The summed E-state index contributed by atoms with van der Waals surface area (Å²) in [5, 5.41) is 2.23. The van der Waals surface area contributed by atoms with Crippen LogP contribution in [0.2, 0.25) is 0 Å². The Hall–Kier alpha value is -2.03. The molecular weight excluding hydrogens is 200 g/mol. The monoisotopic (exact) mass is 214 g/mol. The zero-order valence-corrected chi connectivity index (χ0v) is 9.40. The molecule has 2 aromatic carbocycles. The van der Waals surface area contributed by atoms with Crippen LogP contribution in [0.3, 0.4) is 0 Å². The molecule has 2 N–H and O–H groups in total. The van der Waals surface area contributed by atoms with Crippen LogP contribution in [0.5, 0.6) is 0 Å². The van der Waals surface area contributed by atoms with Crippen molar-refractivity contribution in [2.75, 3.05) is 7.11 Å². The van der Waals surface area contributed by atoms with Gasteiger partial charge < -0.3 is 10.5 Å². The number of hydrogen-bond donors (Lipinski definition) is 1. The van der Waals surface area contributed by atoms with Gasteiger partial charge in [0.1, 0.15) is 0 Å². The van der Waals surface area contributed by atoms with Gasteiger partial charge in [-0.3, -0.25) is 0 Å². The summed E-state index contributed by atoms with van der Waals surface area (Å²) in [5.41, 5.74) is 7.55. The largest absolute Gasteiger partial charge is 0.469 e. The molecule has 0 atom stereocenters. The Morgan fingerprint density at radius 1 is 1.19 bits per heavy atom. The van der Waals surface area contributed by atoms with E-state index in [0.717, 1.165) is 22.0 Å². The lowest BCUT2D eigenvalue weighted by molar-refractivity contribution is 0.397. The van der Waals surface area contributed by atoms with Gasteiger partial charge in [-0.15, -0.1) is 0 Å². The zero-order chi connectivity index (χ0) is 11.5. The summed E-state index contributed by atoms with van der Waals surface area (Å²) in [6.07, 6.45) is 0. The fraction of sp³-hybridized carbons (Fsp3) is 0.154. The summed E-state index contributed by atoms with van der Waals surface area (Å²) in [6, 6.07) is 12.4. The van der Waals surface area contributed by atoms with Crippen molar-refractivity contribution in [2.24, 2.45) is 10.7 Å². The molecule has 0 unspecified atom stereocenters. The van der Waals surface area contributed by atoms with Crippen LogP contribution in [0.25, 0.3) is 10.8 Å². The average molecular weight is 214 g/mol. The van der Waals surface area contributed by atoms with Crippen molar-refractivity contribution in [3.63, 3.8) is 0 Å². The number of rotatable bonds is 1. The Bertz CT molecular complexity index is 547. The van der Waals surface area contributed by atoms with Crippen molar-refractivity contribution < 1.29 is 4.74 Å². The van der Waals surface area contributed by atoms with Crippen molar-refractivity contribution in [3.8, 4) is 0 Å². The maximum absolute atomic E-state index is 5.59. The third-order valence-corrected chi connectivity index (χ3v) is 2.53. The maximum atomic E-state index is 5.59. The Morgan fingerprint density at radius 3 is 2.69 bits per heavy atom. The minimum absolute atomic E-state index is 0.180. The molecule has 0 heterocycles. The molecule has 2 aromatic rings. The first-order valence-electron chi connectivity index (χ1n) is 5.09. The number of ether oxygens (including phenoxy) is 1. The first-order chi connectivity index (χ1) is 7.72. The number of methoxy groups -OCH3 is 1. The molecule has 82 valence electrons. The summed E-state index contributed by atoms with van der Waals surface area (Å²) in [5.74, 6) is 0. The second-order valence-electron chi connectivity index (χ2n) is 3.61. The van der Waals surface area contributed by atoms with E-state index in [4.69, 9.17) is 10.5 Å². The highest BCUT2D eigenvalue weighted by Gasteiger charge is 2.03. The highest BCUT2D eigenvalue weighted by molar-refractivity contribution is 5.96. The summed E-state index contributed by atoms with van der Waals surface area (Å²) < 4.78 is 4.89.